The largest absolute Gasteiger partial charge is 0.385 e. The second kappa shape index (κ2) is 7.30. The number of benzene rings is 2. The van der Waals surface area contributed by atoms with Crippen molar-refractivity contribution in [2.24, 2.45) is 5.92 Å². The lowest BCUT2D eigenvalue weighted by atomic mass is 9.66. The average molecular weight is 374 g/mol. The Bertz CT molecular complexity index is 748. The van der Waals surface area contributed by atoms with Crippen LogP contribution in [0, 0.1) is 11.7 Å². The minimum atomic E-state index is -0.790. The lowest BCUT2D eigenvalue weighted by Crippen LogP contribution is -2.57. The van der Waals surface area contributed by atoms with E-state index >= 15 is 0 Å². The zero-order chi connectivity index (χ0) is 18.1. The first kappa shape index (κ1) is 18.0. The maximum Gasteiger partial charge on any atom is 0.129 e. The van der Waals surface area contributed by atoms with E-state index in [1.807, 2.05) is 30.3 Å². The number of rotatable bonds is 3. The van der Waals surface area contributed by atoms with Gasteiger partial charge in [0, 0.05) is 35.6 Å². The van der Waals surface area contributed by atoms with E-state index in [0.29, 0.717) is 23.6 Å². The lowest BCUT2D eigenvalue weighted by molar-refractivity contribution is -0.123. The molecule has 138 valence electrons. The summed E-state index contributed by atoms with van der Waals surface area (Å²) in [6, 6.07) is 15.2. The van der Waals surface area contributed by atoms with Crippen molar-refractivity contribution in [3.63, 3.8) is 0 Å². The third-order valence-electron chi connectivity index (χ3n) is 6.29. The van der Waals surface area contributed by atoms with Crippen molar-refractivity contribution >= 4 is 11.6 Å². The molecule has 1 saturated heterocycles. The molecule has 0 aromatic heterocycles. The van der Waals surface area contributed by atoms with Crippen LogP contribution in [0.1, 0.15) is 43.2 Å². The van der Waals surface area contributed by atoms with Crippen LogP contribution in [0.5, 0.6) is 0 Å². The van der Waals surface area contributed by atoms with Gasteiger partial charge in [-0.1, -0.05) is 60.8 Å². The number of piperidine rings is 1. The Kier molecular flexibility index (Phi) is 5.05. The predicted molar refractivity (Wildman–Crippen MR) is 103 cm³/mol. The van der Waals surface area contributed by atoms with Crippen LogP contribution in [0.25, 0.3) is 0 Å². The fourth-order valence-corrected chi connectivity index (χ4v) is 5.16. The van der Waals surface area contributed by atoms with Gasteiger partial charge in [-0.2, -0.15) is 0 Å². The van der Waals surface area contributed by atoms with Crippen molar-refractivity contribution in [3.8, 4) is 0 Å². The quantitative estimate of drug-likeness (QED) is 0.806. The molecule has 1 saturated carbocycles. The van der Waals surface area contributed by atoms with Gasteiger partial charge in [0.25, 0.3) is 0 Å². The summed E-state index contributed by atoms with van der Waals surface area (Å²) in [4.78, 5) is 2.34. The third kappa shape index (κ3) is 3.17. The topological polar surface area (TPSA) is 23.5 Å². The highest BCUT2D eigenvalue weighted by atomic mass is 35.5. The van der Waals surface area contributed by atoms with E-state index in [4.69, 9.17) is 11.6 Å². The van der Waals surface area contributed by atoms with Gasteiger partial charge in [0.2, 0.25) is 0 Å². The molecule has 2 aromatic carbocycles. The molecule has 2 aliphatic rings. The molecule has 1 aliphatic heterocycles. The molecule has 1 aliphatic carbocycles. The summed E-state index contributed by atoms with van der Waals surface area (Å²) in [5.74, 6) is -0.0632. The van der Waals surface area contributed by atoms with Gasteiger partial charge in [0.15, 0.2) is 0 Å². The SMILES string of the molecule is O[C@]1(c2ccccc2)CCN(Cc2c(F)cccc2Cl)[C@@H]2CCCC[C@H]21. The molecule has 4 rings (SSSR count). The van der Waals surface area contributed by atoms with E-state index in [-0.39, 0.29) is 17.8 Å². The molecular formula is C22H25ClFNO. The van der Waals surface area contributed by atoms with Crippen LogP contribution in [0.2, 0.25) is 5.02 Å². The lowest BCUT2D eigenvalue weighted by Gasteiger charge is -2.52. The first-order valence-electron chi connectivity index (χ1n) is 9.54. The average Bonchev–Trinajstić information content (AvgIpc) is 2.67. The fraction of sp³-hybridized carbons (Fsp3) is 0.455. The van der Waals surface area contributed by atoms with Crippen molar-refractivity contribution in [1.82, 2.24) is 4.90 Å². The molecule has 2 nitrogen and oxygen atoms in total. The Balaban J connectivity index is 1.63. The fourth-order valence-electron chi connectivity index (χ4n) is 4.94. The molecule has 0 radical (unpaired) electrons. The highest BCUT2D eigenvalue weighted by molar-refractivity contribution is 6.31. The number of likely N-dealkylation sites (tertiary alicyclic amines) is 1. The molecule has 2 fully saturated rings. The van der Waals surface area contributed by atoms with Gasteiger partial charge in [-0.15, -0.1) is 0 Å². The highest BCUT2D eigenvalue weighted by Crippen LogP contribution is 2.47. The second-order valence-corrected chi connectivity index (χ2v) is 8.08. The molecule has 0 amide bonds. The number of hydrogen-bond acceptors (Lipinski definition) is 2. The van der Waals surface area contributed by atoms with E-state index in [1.165, 1.54) is 6.07 Å². The van der Waals surface area contributed by atoms with Crippen LogP contribution in [0.3, 0.4) is 0 Å². The first-order valence-corrected chi connectivity index (χ1v) is 9.92. The number of fused-ring (bicyclic) bond motifs is 1. The maximum atomic E-state index is 14.3. The van der Waals surface area contributed by atoms with Crippen molar-refractivity contribution in [2.45, 2.75) is 50.3 Å². The van der Waals surface area contributed by atoms with Crippen molar-refractivity contribution in [2.75, 3.05) is 6.54 Å². The van der Waals surface area contributed by atoms with Crippen LogP contribution in [0.15, 0.2) is 48.5 Å². The Morgan fingerprint density at radius 2 is 1.85 bits per heavy atom. The van der Waals surface area contributed by atoms with E-state index in [9.17, 15) is 9.50 Å². The molecule has 2 aromatic rings. The van der Waals surface area contributed by atoms with E-state index in [1.54, 1.807) is 12.1 Å². The Hall–Kier alpha value is -1.42. The Morgan fingerprint density at radius 3 is 2.62 bits per heavy atom. The number of halogens is 2. The van der Waals surface area contributed by atoms with Gasteiger partial charge >= 0.3 is 0 Å². The molecule has 1 N–H and O–H groups in total. The van der Waals surface area contributed by atoms with Gasteiger partial charge in [-0.3, -0.25) is 4.90 Å². The highest BCUT2D eigenvalue weighted by Gasteiger charge is 2.49. The Morgan fingerprint density at radius 1 is 1.08 bits per heavy atom. The molecule has 0 spiro atoms. The standard InChI is InChI=1S/C22H25ClFNO/c23-19-10-6-11-20(24)17(19)15-25-14-13-22(26,16-7-2-1-3-8-16)18-9-4-5-12-21(18)25/h1-3,6-8,10-11,18,21,26H,4-5,9,12-15H2/t18-,21-,22+/m1/s1. The van der Waals surface area contributed by atoms with Crippen molar-refractivity contribution in [1.29, 1.82) is 0 Å². The summed E-state index contributed by atoms with van der Waals surface area (Å²) in [7, 11) is 0. The van der Waals surface area contributed by atoms with Crippen LogP contribution < -0.4 is 0 Å². The monoisotopic (exact) mass is 373 g/mol. The normalized spacial score (nSPS) is 29.3. The zero-order valence-electron chi connectivity index (χ0n) is 14.9. The van der Waals surface area contributed by atoms with E-state index < -0.39 is 5.60 Å². The minimum Gasteiger partial charge on any atom is -0.385 e. The van der Waals surface area contributed by atoms with Gasteiger partial charge in [0.1, 0.15) is 5.82 Å². The maximum absolute atomic E-state index is 14.3. The molecule has 4 heteroatoms. The van der Waals surface area contributed by atoms with Gasteiger partial charge in [-0.25, -0.2) is 4.39 Å². The molecule has 1 heterocycles. The smallest absolute Gasteiger partial charge is 0.129 e. The minimum absolute atomic E-state index is 0.179. The summed E-state index contributed by atoms with van der Waals surface area (Å²) in [6.45, 7) is 1.26. The number of hydrogen-bond donors (Lipinski definition) is 1. The van der Waals surface area contributed by atoms with Crippen LogP contribution >= 0.6 is 11.6 Å². The van der Waals surface area contributed by atoms with E-state index in [2.05, 4.69) is 4.90 Å². The summed E-state index contributed by atoms with van der Waals surface area (Å²) in [5.41, 5.74) is 0.797. The molecule has 0 unspecified atom stereocenters. The second-order valence-electron chi connectivity index (χ2n) is 7.67. The summed E-state index contributed by atoms with van der Waals surface area (Å²) >= 11 is 6.26. The summed E-state index contributed by atoms with van der Waals surface area (Å²) < 4.78 is 14.3. The van der Waals surface area contributed by atoms with Crippen molar-refractivity contribution in [3.05, 3.63) is 70.5 Å². The first-order chi connectivity index (χ1) is 12.6. The van der Waals surface area contributed by atoms with Crippen molar-refractivity contribution < 1.29 is 9.50 Å². The van der Waals surface area contributed by atoms with Crippen LogP contribution in [-0.4, -0.2) is 22.6 Å². The van der Waals surface area contributed by atoms with Gasteiger partial charge < -0.3 is 5.11 Å². The Labute approximate surface area is 159 Å². The third-order valence-corrected chi connectivity index (χ3v) is 6.64. The van der Waals surface area contributed by atoms with Crippen LogP contribution in [0.4, 0.5) is 4.39 Å². The summed E-state index contributed by atoms with van der Waals surface area (Å²) in [5, 5.41) is 12.1. The van der Waals surface area contributed by atoms with E-state index in [0.717, 1.165) is 37.8 Å². The molecule has 26 heavy (non-hydrogen) atoms. The van der Waals surface area contributed by atoms with Crippen LogP contribution in [-0.2, 0) is 12.1 Å². The molecule has 0 bridgehead atoms. The zero-order valence-corrected chi connectivity index (χ0v) is 15.6. The summed E-state index contributed by atoms with van der Waals surface area (Å²) in [6.07, 6.45) is 5.03. The predicted octanol–water partition coefficient (Wildman–Crippen LogP) is 5.13. The number of aliphatic hydroxyl groups is 1. The molecule has 3 atom stereocenters. The number of nitrogens with zero attached hydrogens (tertiary/aromatic N) is 1. The molecular weight excluding hydrogens is 349 g/mol. The van der Waals surface area contributed by atoms with Gasteiger partial charge in [0.05, 0.1) is 5.60 Å². The van der Waals surface area contributed by atoms with Gasteiger partial charge in [-0.05, 0) is 37.0 Å².